The van der Waals surface area contributed by atoms with Gasteiger partial charge in [0.15, 0.2) is 0 Å². The quantitative estimate of drug-likeness (QED) is 0.791. The van der Waals surface area contributed by atoms with Crippen LogP contribution in [-0.4, -0.2) is 32.4 Å². The number of amides is 1. The van der Waals surface area contributed by atoms with Crippen molar-refractivity contribution in [3.05, 3.63) is 54.2 Å². The Kier molecular flexibility index (Phi) is 3.02. The van der Waals surface area contributed by atoms with Crippen molar-refractivity contribution in [3.8, 4) is 0 Å². The number of fused-ring (bicyclic) bond motifs is 1. The number of aryl methyl sites for hydroxylation is 1. The van der Waals surface area contributed by atoms with Crippen LogP contribution in [-0.2, 0) is 13.6 Å². The van der Waals surface area contributed by atoms with Gasteiger partial charge in [0, 0.05) is 43.6 Å². The summed E-state index contributed by atoms with van der Waals surface area (Å²) in [4.78, 5) is 21.6. The topological polar surface area (TPSA) is 53.9 Å². The Morgan fingerprint density at radius 2 is 2.20 bits per heavy atom. The molecule has 1 aromatic carbocycles. The Morgan fingerprint density at radius 3 is 2.95 bits per heavy atom. The molecule has 0 fully saturated rings. The zero-order chi connectivity index (χ0) is 14.1. The number of aromatic nitrogens is 3. The molecule has 2 aromatic heterocycles. The molecule has 0 bridgehead atoms. The van der Waals surface area contributed by atoms with Crippen molar-refractivity contribution in [2.45, 2.75) is 6.54 Å². The number of nitrogens with zero attached hydrogens (tertiary/aromatic N) is 3. The molecule has 0 aliphatic carbocycles. The number of hydrogen-bond acceptors (Lipinski definition) is 2. The fourth-order valence-corrected chi connectivity index (χ4v) is 2.29. The van der Waals surface area contributed by atoms with Gasteiger partial charge in [-0.25, -0.2) is 4.98 Å². The van der Waals surface area contributed by atoms with Crippen LogP contribution in [0.5, 0.6) is 0 Å². The summed E-state index contributed by atoms with van der Waals surface area (Å²) in [5, 5.41) is 0.948. The summed E-state index contributed by atoms with van der Waals surface area (Å²) in [7, 11) is 3.71. The number of imidazole rings is 1. The summed E-state index contributed by atoms with van der Waals surface area (Å²) in [5.74, 6) is 0.853. The number of nitrogens with one attached hydrogen (secondary N) is 1. The van der Waals surface area contributed by atoms with Gasteiger partial charge in [0.25, 0.3) is 5.91 Å². The maximum Gasteiger partial charge on any atom is 0.256 e. The smallest absolute Gasteiger partial charge is 0.256 e. The molecule has 3 aromatic rings. The SMILES string of the molecule is CN(Cc1nccn1C)C(=O)c1c[nH]c2ccccc12. The Hall–Kier alpha value is -2.56. The highest BCUT2D eigenvalue weighted by atomic mass is 16.2. The second-order valence-electron chi connectivity index (χ2n) is 4.86. The number of carbonyl (C=O) groups is 1. The van der Waals surface area contributed by atoms with Crippen molar-refractivity contribution in [1.82, 2.24) is 19.4 Å². The van der Waals surface area contributed by atoms with Gasteiger partial charge in [-0.2, -0.15) is 0 Å². The molecule has 0 radical (unpaired) electrons. The Morgan fingerprint density at radius 1 is 1.40 bits per heavy atom. The van der Waals surface area contributed by atoms with Crippen LogP contribution < -0.4 is 0 Å². The van der Waals surface area contributed by atoms with E-state index in [4.69, 9.17) is 0 Å². The molecular formula is C15H16N4O. The zero-order valence-corrected chi connectivity index (χ0v) is 11.5. The van der Waals surface area contributed by atoms with E-state index in [-0.39, 0.29) is 5.91 Å². The highest BCUT2D eigenvalue weighted by molar-refractivity contribution is 6.06. The molecular weight excluding hydrogens is 252 g/mol. The van der Waals surface area contributed by atoms with E-state index in [1.165, 1.54) is 0 Å². The first-order valence-electron chi connectivity index (χ1n) is 6.44. The monoisotopic (exact) mass is 268 g/mol. The number of aromatic amines is 1. The second-order valence-corrected chi connectivity index (χ2v) is 4.86. The molecule has 0 spiro atoms. The minimum absolute atomic E-state index is 0.00884. The summed E-state index contributed by atoms with van der Waals surface area (Å²) in [6, 6.07) is 7.80. The number of carbonyl (C=O) groups excluding carboxylic acids is 1. The maximum atomic E-state index is 12.5. The van der Waals surface area contributed by atoms with Crippen molar-refractivity contribution in [1.29, 1.82) is 0 Å². The normalized spacial score (nSPS) is 10.9. The number of benzene rings is 1. The highest BCUT2D eigenvalue weighted by Crippen LogP contribution is 2.19. The van der Waals surface area contributed by atoms with Crippen LogP contribution in [0.25, 0.3) is 10.9 Å². The van der Waals surface area contributed by atoms with Crippen LogP contribution in [0.4, 0.5) is 0 Å². The van der Waals surface area contributed by atoms with Gasteiger partial charge in [0.05, 0.1) is 12.1 Å². The van der Waals surface area contributed by atoms with E-state index in [0.717, 1.165) is 16.7 Å². The summed E-state index contributed by atoms with van der Waals surface area (Å²) in [6.07, 6.45) is 5.38. The molecule has 0 unspecified atom stereocenters. The molecule has 1 N–H and O–H groups in total. The van der Waals surface area contributed by atoms with Gasteiger partial charge in [0.2, 0.25) is 0 Å². The molecule has 0 atom stereocenters. The van der Waals surface area contributed by atoms with Crippen LogP contribution in [0.1, 0.15) is 16.2 Å². The first-order valence-corrected chi connectivity index (χ1v) is 6.44. The number of H-pyrrole nitrogens is 1. The Bertz CT molecular complexity index is 756. The average molecular weight is 268 g/mol. The molecule has 3 rings (SSSR count). The summed E-state index contributed by atoms with van der Waals surface area (Å²) < 4.78 is 1.92. The molecule has 102 valence electrons. The first kappa shape index (κ1) is 12.5. The summed E-state index contributed by atoms with van der Waals surface area (Å²) in [6.45, 7) is 0.488. The lowest BCUT2D eigenvalue weighted by molar-refractivity contribution is 0.0782. The van der Waals surface area contributed by atoms with E-state index < -0.39 is 0 Å². The van der Waals surface area contributed by atoms with Gasteiger partial charge in [-0.15, -0.1) is 0 Å². The third kappa shape index (κ3) is 2.07. The minimum Gasteiger partial charge on any atom is -0.360 e. The van der Waals surface area contributed by atoms with E-state index in [1.807, 2.05) is 42.1 Å². The van der Waals surface area contributed by atoms with Crippen LogP contribution >= 0.6 is 0 Å². The molecule has 0 saturated carbocycles. The van der Waals surface area contributed by atoms with Crippen molar-refractivity contribution in [3.63, 3.8) is 0 Å². The lowest BCUT2D eigenvalue weighted by atomic mass is 10.1. The van der Waals surface area contributed by atoms with E-state index in [9.17, 15) is 4.79 Å². The van der Waals surface area contributed by atoms with Gasteiger partial charge >= 0.3 is 0 Å². The zero-order valence-electron chi connectivity index (χ0n) is 11.5. The summed E-state index contributed by atoms with van der Waals surface area (Å²) >= 11 is 0. The van der Waals surface area contributed by atoms with E-state index >= 15 is 0 Å². The highest BCUT2D eigenvalue weighted by Gasteiger charge is 2.17. The van der Waals surface area contributed by atoms with Gasteiger partial charge in [0.1, 0.15) is 5.82 Å². The van der Waals surface area contributed by atoms with Crippen molar-refractivity contribution in [2.75, 3.05) is 7.05 Å². The lowest BCUT2D eigenvalue weighted by Gasteiger charge is -2.16. The van der Waals surface area contributed by atoms with Crippen molar-refractivity contribution in [2.24, 2.45) is 7.05 Å². The van der Waals surface area contributed by atoms with Gasteiger partial charge in [-0.05, 0) is 6.07 Å². The van der Waals surface area contributed by atoms with Crippen LogP contribution in [0, 0.1) is 0 Å². The second kappa shape index (κ2) is 4.85. The number of rotatable bonds is 3. The predicted molar refractivity (Wildman–Crippen MR) is 77.3 cm³/mol. The van der Waals surface area contributed by atoms with E-state index in [2.05, 4.69) is 9.97 Å². The average Bonchev–Trinajstić information content (AvgIpc) is 3.05. The van der Waals surface area contributed by atoms with Crippen LogP contribution in [0.15, 0.2) is 42.9 Å². The fourth-order valence-electron chi connectivity index (χ4n) is 2.29. The molecule has 1 amide bonds. The molecule has 20 heavy (non-hydrogen) atoms. The van der Waals surface area contributed by atoms with Gasteiger partial charge < -0.3 is 14.5 Å². The van der Waals surface area contributed by atoms with Crippen LogP contribution in [0.2, 0.25) is 0 Å². The third-order valence-electron chi connectivity index (χ3n) is 3.47. The van der Waals surface area contributed by atoms with Gasteiger partial charge in [-0.3, -0.25) is 4.79 Å². The van der Waals surface area contributed by atoms with Crippen molar-refractivity contribution >= 4 is 16.8 Å². The number of hydrogen-bond donors (Lipinski definition) is 1. The largest absolute Gasteiger partial charge is 0.360 e. The number of para-hydroxylation sites is 1. The Labute approximate surface area is 116 Å². The third-order valence-corrected chi connectivity index (χ3v) is 3.47. The van der Waals surface area contributed by atoms with Gasteiger partial charge in [-0.1, -0.05) is 18.2 Å². The molecule has 5 nitrogen and oxygen atoms in total. The van der Waals surface area contributed by atoms with Crippen LogP contribution in [0.3, 0.4) is 0 Å². The van der Waals surface area contributed by atoms with E-state index in [1.54, 1.807) is 24.3 Å². The lowest BCUT2D eigenvalue weighted by Crippen LogP contribution is -2.27. The van der Waals surface area contributed by atoms with E-state index in [0.29, 0.717) is 12.1 Å². The fraction of sp³-hybridized carbons (Fsp3) is 0.200. The predicted octanol–water partition coefficient (Wildman–Crippen LogP) is 2.17. The minimum atomic E-state index is -0.00884. The Balaban J connectivity index is 1.87. The molecule has 5 heteroatoms. The molecule has 0 aliphatic rings. The molecule has 2 heterocycles. The maximum absolute atomic E-state index is 12.5. The molecule has 0 aliphatic heterocycles. The first-order chi connectivity index (χ1) is 9.66. The standard InChI is InChI=1S/C15H16N4O/c1-18-8-7-16-14(18)10-19(2)15(20)12-9-17-13-6-4-3-5-11(12)13/h3-9,17H,10H2,1-2H3. The summed E-state index contributed by atoms with van der Waals surface area (Å²) in [5.41, 5.74) is 1.67. The van der Waals surface area contributed by atoms with Crippen molar-refractivity contribution < 1.29 is 4.79 Å². The molecule has 0 saturated heterocycles.